The number of carbonyl (C=O) groups is 1. The molecule has 6 heteroatoms. The highest BCUT2D eigenvalue weighted by molar-refractivity contribution is 5.73. The summed E-state index contributed by atoms with van der Waals surface area (Å²) >= 11 is 0. The molecule has 0 aromatic carbocycles. The average molecular weight is 241 g/mol. The van der Waals surface area contributed by atoms with E-state index in [1.54, 1.807) is 6.92 Å². The van der Waals surface area contributed by atoms with Gasteiger partial charge in [0.15, 0.2) is 0 Å². The molecule has 16 heavy (non-hydrogen) atoms. The van der Waals surface area contributed by atoms with Crippen molar-refractivity contribution >= 4 is 5.97 Å². The molecule has 0 atom stereocenters. The maximum Gasteiger partial charge on any atom is 0.401 e. The van der Waals surface area contributed by atoms with Crippen LogP contribution in [0.15, 0.2) is 0 Å². The molecule has 0 amide bonds. The molecule has 0 unspecified atom stereocenters. The first-order valence-corrected chi connectivity index (χ1v) is 5.11. The average Bonchev–Trinajstić information content (AvgIpc) is 1.99. The SMILES string of the molecule is CCCN(CC(F)(F)F)CC(C)(C)C(=O)O. The van der Waals surface area contributed by atoms with Crippen LogP contribution in [0.3, 0.4) is 0 Å². The summed E-state index contributed by atoms with van der Waals surface area (Å²) in [7, 11) is 0. The Labute approximate surface area is 93.2 Å². The second-order valence-electron chi connectivity index (χ2n) is 4.51. The second kappa shape index (κ2) is 5.52. The summed E-state index contributed by atoms with van der Waals surface area (Å²) in [5, 5.41) is 8.85. The second-order valence-corrected chi connectivity index (χ2v) is 4.51. The number of carboxylic acids is 1. The lowest BCUT2D eigenvalue weighted by atomic mass is 9.93. The van der Waals surface area contributed by atoms with Gasteiger partial charge in [-0.15, -0.1) is 0 Å². The summed E-state index contributed by atoms with van der Waals surface area (Å²) < 4.78 is 36.6. The van der Waals surface area contributed by atoms with E-state index in [1.807, 2.05) is 0 Å². The molecule has 0 radical (unpaired) electrons. The molecule has 0 saturated heterocycles. The number of halogens is 3. The smallest absolute Gasteiger partial charge is 0.401 e. The Balaban J connectivity index is 4.50. The van der Waals surface area contributed by atoms with Gasteiger partial charge in [0.2, 0.25) is 0 Å². The van der Waals surface area contributed by atoms with Gasteiger partial charge < -0.3 is 5.11 Å². The van der Waals surface area contributed by atoms with Crippen molar-refractivity contribution in [2.75, 3.05) is 19.6 Å². The fourth-order valence-electron chi connectivity index (χ4n) is 1.41. The molecule has 0 aromatic heterocycles. The van der Waals surface area contributed by atoms with Gasteiger partial charge in [0, 0.05) is 6.54 Å². The lowest BCUT2D eigenvalue weighted by Crippen LogP contribution is -2.43. The lowest BCUT2D eigenvalue weighted by Gasteiger charge is -2.30. The number of hydrogen-bond donors (Lipinski definition) is 1. The van der Waals surface area contributed by atoms with Crippen LogP contribution in [0.1, 0.15) is 27.2 Å². The van der Waals surface area contributed by atoms with Crippen molar-refractivity contribution in [1.82, 2.24) is 4.90 Å². The van der Waals surface area contributed by atoms with Gasteiger partial charge in [-0.25, -0.2) is 0 Å². The molecule has 96 valence electrons. The highest BCUT2D eigenvalue weighted by Crippen LogP contribution is 2.22. The lowest BCUT2D eigenvalue weighted by molar-refractivity contribution is -0.158. The van der Waals surface area contributed by atoms with E-state index in [9.17, 15) is 18.0 Å². The van der Waals surface area contributed by atoms with Gasteiger partial charge in [0.25, 0.3) is 0 Å². The van der Waals surface area contributed by atoms with Crippen LogP contribution in [0, 0.1) is 5.41 Å². The molecular weight excluding hydrogens is 223 g/mol. The van der Waals surface area contributed by atoms with E-state index >= 15 is 0 Å². The fraction of sp³-hybridized carbons (Fsp3) is 0.900. The standard InChI is InChI=1S/C10H18F3NO2/c1-4-5-14(7-10(11,12)13)6-9(2,3)8(15)16/h4-7H2,1-3H3,(H,15,16). The highest BCUT2D eigenvalue weighted by atomic mass is 19.4. The summed E-state index contributed by atoms with van der Waals surface area (Å²) in [6.07, 6.45) is -3.73. The van der Waals surface area contributed by atoms with Gasteiger partial charge in [-0.3, -0.25) is 9.69 Å². The maximum absolute atomic E-state index is 12.2. The Kier molecular flexibility index (Phi) is 5.25. The van der Waals surface area contributed by atoms with Crippen LogP contribution in [0.4, 0.5) is 13.2 Å². The number of rotatable bonds is 6. The zero-order chi connectivity index (χ0) is 13.0. The number of alkyl halides is 3. The van der Waals surface area contributed by atoms with E-state index in [0.717, 1.165) is 4.90 Å². The molecule has 0 bridgehead atoms. The van der Waals surface area contributed by atoms with Crippen molar-refractivity contribution < 1.29 is 23.1 Å². The van der Waals surface area contributed by atoms with E-state index in [4.69, 9.17) is 5.11 Å². The predicted molar refractivity (Wildman–Crippen MR) is 54.2 cm³/mol. The molecule has 3 nitrogen and oxygen atoms in total. The number of carboxylic acid groups (broad SMARTS) is 1. The molecule has 0 aliphatic rings. The van der Waals surface area contributed by atoms with Crippen LogP contribution in [-0.2, 0) is 4.79 Å². The third-order valence-corrected chi connectivity index (χ3v) is 2.14. The van der Waals surface area contributed by atoms with E-state index in [2.05, 4.69) is 0 Å². The Hall–Kier alpha value is -0.780. The Bertz CT molecular complexity index is 239. The molecule has 0 aliphatic heterocycles. The summed E-state index contributed by atoms with van der Waals surface area (Å²) in [5.74, 6) is -1.09. The van der Waals surface area contributed by atoms with Crippen LogP contribution in [0.5, 0.6) is 0 Å². The number of aliphatic carboxylic acids is 1. The van der Waals surface area contributed by atoms with Gasteiger partial charge in [-0.1, -0.05) is 6.92 Å². The van der Waals surface area contributed by atoms with Crippen molar-refractivity contribution in [2.45, 2.75) is 33.4 Å². The Morgan fingerprint density at radius 2 is 1.75 bits per heavy atom. The van der Waals surface area contributed by atoms with Gasteiger partial charge in [-0.05, 0) is 26.8 Å². The number of nitrogens with zero attached hydrogens (tertiary/aromatic N) is 1. The minimum Gasteiger partial charge on any atom is -0.481 e. The zero-order valence-electron chi connectivity index (χ0n) is 9.76. The van der Waals surface area contributed by atoms with Crippen LogP contribution in [-0.4, -0.2) is 41.8 Å². The molecule has 0 saturated carbocycles. The van der Waals surface area contributed by atoms with Gasteiger partial charge in [0.05, 0.1) is 12.0 Å². The van der Waals surface area contributed by atoms with Gasteiger partial charge in [0.1, 0.15) is 0 Å². The largest absolute Gasteiger partial charge is 0.481 e. The molecule has 0 aliphatic carbocycles. The van der Waals surface area contributed by atoms with Gasteiger partial charge >= 0.3 is 12.1 Å². The summed E-state index contributed by atoms with van der Waals surface area (Å²) in [4.78, 5) is 12.0. The van der Waals surface area contributed by atoms with E-state index < -0.39 is 24.1 Å². The highest BCUT2D eigenvalue weighted by Gasteiger charge is 2.35. The minimum absolute atomic E-state index is 0.102. The van der Waals surface area contributed by atoms with Crippen LogP contribution in [0.25, 0.3) is 0 Å². The third-order valence-electron chi connectivity index (χ3n) is 2.14. The topological polar surface area (TPSA) is 40.5 Å². The van der Waals surface area contributed by atoms with Crippen molar-refractivity contribution in [2.24, 2.45) is 5.41 Å². The van der Waals surface area contributed by atoms with E-state index in [1.165, 1.54) is 13.8 Å². The minimum atomic E-state index is -4.29. The van der Waals surface area contributed by atoms with E-state index in [-0.39, 0.29) is 13.1 Å². The summed E-state index contributed by atoms with van der Waals surface area (Å²) in [5.41, 5.74) is -1.17. The normalized spacial score (nSPS) is 13.2. The number of hydrogen-bond acceptors (Lipinski definition) is 2. The molecule has 0 spiro atoms. The third kappa shape index (κ3) is 5.95. The van der Waals surface area contributed by atoms with E-state index in [0.29, 0.717) is 6.42 Å². The van der Waals surface area contributed by atoms with Crippen molar-refractivity contribution in [3.63, 3.8) is 0 Å². The van der Waals surface area contributed by atoms with Crippen molar-refractivity contribution in [3.05, 3.63) is 0 Å². The quantitative estimate of drug-likeness (QED) is 0.776. The molecular formula is C10H18F3NO2. The molecule has 1 N–H and O–H groups in total. The van der Waals surface area contributed by atoms with Crippen molar-refractivity contribution in [1.29, 1.82) is 0 Å². The summed E-state index contributed by atoms with van der Waals surface area (Å²) in [6, 6.07) is 0. The molecule has 0 aromatic rings. The Morgan fingerprint density at radius 3 is 2.06 bits per heavy atom. The first-order valence-electron chi connectivity index (χ1n) is 5.11. The van der Waals surface area contributed by atoms with Crippen LogP contribution >= 0.6 is 0 Å². The maximum atomic E-state index is 12.2. The first-order chi connectivity index (χ1) is 7.08. The van der Waals surface area contributed by atoms with Gasteiger partial charge in [-0.2, -0.15) is 13.2 Å². The van der Waals surface area contributed by atoms with Crippen LogP contribution < -0.4 is 0 Å². The first kappa shape index (κ1) is 15.2. The molecule has 0 fully saturated rings. The zero-order valence-corrected chi connectivity index (χ0v) is 9.76. The Morgan fingerprint density at radius 1 is 1.25 bits per heavy atom. The fourth-order valence-corrected chi connectivity index (χ4v) is 1.41. The molecule has 0 rings (SSSR count). The van der Waals surface area contributed by atoms with Crippen LogP contribution in [0.2, 0.25) is 0 Å². The summed E-state index contributed by atoms with van der Waals surface area (Å²) in [6.45, 7) is 3.70. The monoisotopic (exact) mass is 241 g/mol. The predicted octanol–water partition coefficient (Wildman–Crippen LogP) is 2.37. The van der Waals surface area contributed by atoms with Crippen molar-refractivity contribution in [3.8, 4) is 0 Å². The molecule has 0 heterocycles.